The molecule has 1 aliphatic rings. The lowest BCUT2D eigenvalue weighted by atomic mass is 10.2. The predicted octanol–water partition coefficient (Wildman–Crippen LogP) is 3.22. The highest BCUT2D eigenvalue weighted by molar-refractivity contribution is 5.81. The molecule has 6 heteroatoms. The first-order valence-corrected chi connectivity index (χ1v) is 9.40. The summed E-state index contributed by atoms with van der Waals surface area (Å²) in [5, 5.41) is 4.28. The monoisotopic (exact) mass is 360 g/mol. The van der Waals surface area contributed by atoms with E-state index in [0.29, 0.717) is 5.82 Å². The van der Waals surface area contributed by atoms with Gasteiger partial charge in [0.2, 0.25) is 0 Å². The molecular formula is C21H24N6. The molecule has 0 spiro atoms. The lowest BCUT2D eigenvalue weighted by molar-refractivity contribution is 0.271. The summed E-state index contributed by atoms with van der Waals surface area (Å²) in [7, 11) is 0. The summed E-state index contributed by atoms with van der Waals surface area (Å²) < 4.78 is 0. The van der Waals surface area contributed by atoms with E-state index in [4.69, 9.17) is 0 Å². The lowest BCUT2D eigenvalue weighted by Gasteiger charge is -2.35. The quantitative estimate of drug-likeness (QED) is 0.559. The summed E-state index contributed by atoms with van der Waals surface area (Å²) in [6.45, 7) is 7.80. The Morgan fingerprint density at radius 3 is 2.48 bits per heavy atom. The smallest absolute Gasteiger partial charge is 0.165 e. The molecule has 4 rings (SSSR count). The van der Waals surface area contributed by atoms with Gasteiger partial charge in [-0.25, -0.2) is 4.98 Å². The van der Waals surface area contributed by atoms with Crippen molar-refractivity contribution in [1.82, 2.24) is 14.9 Å². The number of fused-ring (bicyclic) bond motifs is 1. The predicted molar refractivity (Wildman–Crippen MR) is 112 cm³/mol. The van der Waals surface area contributed by atoms with E-state index in [1.54, 1.807) is 12.4 Å². The van der Waals surface area contributed by atoms with Gasteiger partial charge in [0.25, 0.3) is 0 Å². The van der Waals surface area contributed by atoms with Gasteiger partial charge in [0.1, 0.15) is 0 Å². The van der Waals surface area contributed by atoms with Crippen LogP contribution in [-0.4, -0.2) is 53.8 Å². The van der Waals surface area contributed by atoms with Crippen molar-refractivity contribution in [2.24, 2.45) is 5.10 Å². The number of hydrogen-bond donors (Lipinski definition) is 1. The molecule has 0 bridgehead atoms. The maximum absolute atomic E-state index is 4.50. The van der Waals surface area contributed by atoms with Gasteiger partial charge in [-0.05, 0) is 36.4 Å². The minimum absolute atomic E-state index is 0.635. The number of piperazine rings is 1. The van der Waals surface area contributed by atoms with Crippen LogP contribution in [0.15, 0.2) is 59.8 Å². The van der Waals surface area contributed by atoms with Crippen molar-refractivity contribution in [3.8, 4) is 0 Å². The highest BCUT2D eigenvalue weighted by atomic mass is 15.3. The molecule has 1 saturated heterocycles. The first-order chi connectivity index (χ1) is 13.3. The fourth-order valence-corrected chi connectivity index (χ4v) is 3.28. The van der Waals surface area contributed by atoms with Crippen LogP contribution in [-0.2, 0) is 0 Å². The average molecular weight is 360 g/mol. The first kappa shape index (κ1) is 17.4. The molecule has 0 unspecified atom stereocenters. The number of likely N-dealkylation sites (N-methyl/N-ethyl adjacent to an activating group) is 1. The SMILES string of the molecule is CCN1CCN(c2ccc(C=NNc3cnc4ccccc4n3)cc2)CC1. The number of aromatic nitrogens is 2. The van der Waals surface area contributed by atoms with E-state index in [2.05, 4.69) is 61.5 Å². The molecule has 0 atom stereocenters. The molecule has 2 heterocycles. The molecule has 1 fully saturated rings. The molecule has 27 heavy (non-hydrogen) atoms. The van der Waals surface area contributed by atoms with Crippen LogP contribution in [0.25, 0.3) is 11.0 Å². The van der Waals surface area contributed by atoms with Gasteiger partial charge in [-0.2, -0.15) is 5.10 Å². The molecule has 0 saturated carbocycles. The Kier molecular flexibility index (Phi) is 5.25. The molecule has 0 aliphatic carbocycles. The Labute approximate surface area is 159 Å². The van der Waals surface area contributed by atoms with E-state index in [9.17, 15) is 0 Å². The Hall–Kier alpha value is -2.99. The van der Waals surface area contributed by atoms with Crippen molar-refractivity contribution in [1.29, 1.82) is 0 Å². The minimum Gasteiger partial charge on any atom is -0.369 e. The van der Waals surface area contributed by atoms with Crippen molar-refractivity contribution >= 4 is 28.8 Å². The number of hydrazone groups is 1. The molecule has 3 aromatic rings. The second-order valence-electron chi connectivity index (χ2n) is 6.63. The normalized spacial score (nSPS) is 15.5. The summed E-state index contributed by atoms with van der Waals surface area (Å²) in [5.41, 5.74) is 7.01. The maximum atomic E-state index is 4.50. The van der Waals surface area contributed by atoms with Gasteiger partial charge < -0.3 is 9.80 Å². The summed E-state index contributed by atoms with van der Waals surface area (Å²) >= 11 is 0. The number of rotatable bonds is 5. The minimum atomic E-state index is 0.635. The highest BCUT2D eigenvalue weighted by Crippen LogP contribution is 2.17. The molecule has 138 valence electrons. The standard InChI is InChI=1S/C21H24N6/c1-2-26-11-13-27(14-12-26)18-9-7-17(8-10-18)15-23-25-21-16-22-19-5-3-4-6-20(19)24-21/h3-10,15-16H,2,11-14H2,1H3,(H,24,25). The average Bonchev–Trinajstić information content (AvgIpc) is 2.74. The second kappa shape index (κ2) is 8.14. The van der Waals surface area contributed by atoms with Crippen LogP contribution in [0.2, 0.25) is 0 Å². The third-order valence-electron chi connectivity index (χ3n) is 4.92. The van der Waals surface area contributed by atoms with Gasteiger partial charge in [-0.1, -0.05) is 31.2 Å². The van der Waals surface area contributed by atoms with E-state index >= 15 is 0 Å². The highest BCUT2D eigenvalue weighted by Gasteiger charge is 2.15. The number of benzene rings is 2. The number of hydrogen-bond acceptors (Lipinski definition) is 6. The largest absolute Gasteiger partial charge is 0.369 e. The van der Waals surface area contributed by atoms with E-state index in [1.807, 2.05) is 24.3 Å². The Morgan fingerprint density at radius 2 is 1.74 bits per heavy atom. The molecule has 2 aromatic carbocycles. The van der Waals surface area contributed by atoms with Crippen LogP contribution in [0.3, 0.4) is 0 Å². The third-order valence-corrected chi connectivity index (χ3v) is 4.92. The fraction of sp³-hybridized carbons (Fsp3) is 0.286. The van der Waals surface area contributed by atoms with Crippen molar-refractivity contribution in [2.75, 3.05) is 43.0 Å². The van der Waals surface area contributed by atoms with Crippen LogP contribution >= 0.6 is 0 Å². The van der Waals surface area contributed by atoms with Gasteiger partial charge in [-0.15, -0.1) is 0 Å². The lowest BCUT2D eigenvalue weighted by Crippen LogP contribution is -2.46. The molecule has 0 amide bonds. The van der Waals surface area contributed by atoms with E-state index < -0.39 is 0 Å². The summed E-state index contributed by atoms with van der Waals surface area (Å²) in [6, 6.07) is 16.3. The molecule has 1 aromatic heterocycles. The second-order valence-corrected chi connectivity index (χ2v) is 6.63. The summed E-state index contributed by atoms with van der Waals surface area (Å²) in [4.78, 5) is 13.8. The summed E-state index contributed by atoms with van der Waals surface area (Å²) in [6.07, 6.45) is 3.49. The van der Waals surface area contributed by atoms with E-state index in [1.165, 1.54) is 5.69 Å². The zero-order valence-electron chi connectivity index (χ0n) is 15.5. The van der Waals surface area contributed by atoms with Gasteiger partial charge in [0.15, 0.2) is 5.82 Å². The van der Waals surface area contributed by atoms with Crippen molar-refractivity contribution in [3.05, 3.63) is 60.3 Å². The van der Waals surface area contributed by atoms with Crippen LogP contribution < -0.4 is 10.3 Å². The molecule has 1 N–H and O–H groups in total. The molecular weight excluding hydrogens is 336 g/mol. The Morgan fingerprint density at radius 1 is 1.00 bits per heavy atom. The van der Waals surface area contributed by atoms with Crippen LogP contribution in [0.1, 0.15) is 12.5 Å². The number of nitrogens with one attached hydrogen (secondary N) is 1. The molecule has 6 nitrogen and oxygen atoms in total. The zero-order valence-corrected chi connectivity index (χ0v) is 15.5. The first-order valence-electron chi connectivity index (χ1n) is 9.40. The van der Waals surface area contributed by atoms with Crippen LogP contribution in [0, 0.1) is 0 Å². The zero-order chi connectivity index (χ0) is 18.5. The number of para-hydroxylation sites is 2. The summed E-state index contributed by atoms with van der Waals surface area (Å²) in [5.74, 6) is 0.635. The fourth-order valence-electron chi connectivity index (χ4n) is 3.28. The van der Waals surface area contributed by atoms with E-state index in [-0.39, 0.29) is 0 Å². The van der Waals surface area contributed by atoms with Gasteiger partial charge >= 0.3 is 0 Å². The van der Waals surface area contributed by atoms with Gasteiger partial charge in [0, 0.05) is 31.9 Å². The van der Waals surface area contributed by atoms with Crippen molar-refractivity contribution in [2.45, 2.75) is 6.92 Å². The maximum Gasteiger partial charge on any atom is 0.165 e. The van der Waals surface area contributed by atoms with Crippen LogP contribution in [0.4, 0.5) is 11.5 Å². The topological polar surface area (TPSA) is 56.6 Å². The third kappa shape index (κ3) is 4.23. The molecule has 1 aliphatic heterocycles. The molecule has 0 radical (unpaired) electrons. The van der Waals surface area contributed by atoms with Gasteiger partial charge in [0.05, 0.1) is 23.4 Å². The number of nitrogens with zero attached hydrogens (tertiary/aromatic N) is 5. The Bertz CT molecular complexity index is 913. The number of anilines is 2. The van der Waals surface area contributed by atoms with Gasteiger partial charge in [-0.3, -0.25) is 10.4 Å². The van der Waals surface area contributed by atoms with Crippen LogP contribution in [0.5, 0.6) is 0 Å². The van der Waals surface area contributed by atoms with E-state index in [0.717, 1.165) is 49.3 Å². The Balaban J connectivity index is 1.36. The van der Waals surface area contributed by atoms with Crippen molar-refractivity contribution in [3.63, 3.8) is 0 Å². The van der Waals surface area contributed by atoms with Crippen molar-refractivity contribution < 1.29 is 0 Å².